The summed E-state index contributed by atoms with van der Waals surface area (Å²) >= 11 is 3.03. The molecule has 1 aromatic heterocycles. The Morgan fingerprint density at radius 2 is 1.85 bits per heavy atom. The Balaban J connectivity index is 1.49. The molecule has 1 aromatic carbocycles. The quantitative estimate of drug-likeness (QED) is 0.457. The van der Waals surface area contributed by atoms with Gasteiger partial charge in [0.25, 0.3) is 11.8 Å². The molecule has 0 fully saturated rings. The number of amides is 2. The van der Waals surface area contributed by atoms with Crippen LogP contribution in [-0.4, -0.2) is 34.8 Å². The van der Waals surface area contributed by atoms with Gasteiger partial charge in [-0.2, -0.15) is 5.26 Å². The summed E-state index contributed by atoms with van der Waals surface area (Å²) in [6.45, 7) is 5.70. The number of benzene rings is 1. The van der Waals surface area contributed by atoms with Crippen LogP contribution < -0.4 is 5.32 Å². The van der Waals surface area contributed by atoms with E-state index in [1.165, 1.54) is 23.6 Å². The molecule has 0 saturated carbocycles. The standard InChI is InChI=1S/C25H23N3O3S2/c1-14-9-12-32-22(14)21-19(13-26)23(27-15(2)20(21)16(3)29)33-11-6-10-28-24(30)17-7-4-5-8-18(17)25(28)31/h4-5,7-9,12,21,27H,6,10-11H2,1-3H3/t21-/m1/s1. The molecule has 1 atom stereocenters. The summed E-state index contributed by atoms with van der Waals surface area (Å²) in [5.41, 5.74) is 3.85. The SMILES string of the molecule is CC(=O)C1=C(C)NC(SCCCN2C(=O)c3ccccc3C2=O)=C(C#N)[C@H]1c1sccc1C. The van der Waals surface area contributed by atoms with Crippen LogP contribution in [0.3, 0.4) is 0 Å². The number of nitrogens with one attached hydrogen (secondary N) is 1. The van der Waals surface area contributed by atoms with Gasteiger partial charge in [-0.05, 0) is 56.3 Å². The zero-order valence-electron chi connectivity index (χ0n) is 18.6. The highest BCUT2D eigenvalue weighted by molar-refractivity contribution is 8.03. The Bertz CT molecular complexity index is 1230. The number of hydrogen-bond donors (Lipinski definition) is 1. The molecule has 0 aliphatic carbocycles. The number of nitriles is 1. The van der Waals surface area contributed by atoms with Crippen molar-refractivity contribution in [3.05, 3.63) is 79.2 Å². The van der Waals surface area contributed by atoms with Gasteiger partial charge in [-0.3, -0.25) is 19.3 Å². The molecule has 3 heterocycles. The van der Waals surface area contributed by atoms with Crippen molar-refractivity contribution in [3.8, 4) is 6.07 Å². The van der Waals surface area contributed by atoms with Crippen molar-refractivity contribution in [2.75, 3.05) is 12.3 Å². The monoisotopic (exact) mass is 477 g/mol. The lowest BCUT2D eigenvalue weighted by Gasteiger charge is -2.29. The number of rotatable bonds is 7. The maximum atomic E-state index is 12.5. The molecule has 0 radical (unpaired) electrons. The van der Waals surface area contributed by atoms with Crippen LogP contribution in [0.25, 0.3) is 0 Å². The fraction of sp³-hybridized carbons (Fsp3) is 0.280. The van der Waals surface area contributed by atoms with Crippen LogP contribution in [-0.2, 0) is 4.79 Å². The third-order valence-corrected chi connectivity index (χ3v) is 8.03. The second kappa shape index (κ2) is 9.38. The van der Waals surface area contributed by atoms with Crippen LogP contribution in [0.1, 0.15) is 57.3 Å². The van der Waals surface area contributed by atoms with Crippen LogP contribution in [0, 0.1) is 18.3 Å². The van der Waals surface area contributed by atoms with Crippen LogP contribution in [0.2, 0.25) is 0 Å². The fourth-order valence-corrected chi connectivity index (χ4v) is 6.34. The minimum Gasteiger partial charge on any atom is -0.353 e. The smallest absolute Gasteiger partial charge is 0.261 e. The first kappa shape index (κ1) is 23.0. The predicted octanol–water partition coefficient (Wildman–Crippen LogP) is 4.76. The number of imide groups is 1. The summed E-state index contributed by atoms with van der Waals surface area (Å²) in [4.78, 5) is 39.8. The second-order valence-electron chi connectivity index (χ2n) is 7.98. The lowest BCUT2D eigenvalue weighted by atomic mass is 9.84. The molecule has 4 rings (SSSR count). The van der Waals surface area contributed by atoms with Crippen molar-refractivity contribution in [3.63, 3.8) is 0 Å². The van der Waals surface area contributed by atoms with E-state index < -0.39 is 0 Å². The number of dihydropyridines is 1. The predicted molar refractivity (Wildman–Crippen MR) is 130 cm³/mol. The van der Waals surface area contributed by atoms with Crippen LogP contribution in [0.4, 0.5) is 0 Å². The van der Waals surface area contributed by atoms with Gasteiger partial charge < -0.3 is 5.32 Å². The molecule has 2 aliphatic heterocycles. The van der Waals surface area contributed by atoms with Crippen molar-refractivity contribution in [2.45, 2.75) is 33.1 Å². The molecule has 6 nitrogen and oxygen atoms in total. The van der Waals surface area contributed by atoms with E-state index in [1.54, 1.807) is 35.6 Å². The van der Waals surface area contributed by atoms with Crippen LogP contribution in [0.15, 0.2) is 57.6 Å². The summed E-state index contributed by atoms with van der Waals surface area (Å²) in [7, 11) is 0. The number of hydrogen-bond acceptors (Lipinski definition) is 7. The maximum Gasteiger partial charge on any atom is 0.261 e. The van der Waals surface area contributed by atoms with Gasteiger partial charge in [-0.15, -0.1) is 23.1 Å². The van der Waals surface area contributed by atoms with Gasteiger partial charge in [0.2, 0.25) is 0 Å². The van der Waals surface area contributed by atoms with Gasteiger partial charge >= 0.3 is 0 Å². The molecule has 2 aliphatic rings. The number of nitrogens with zero attached hydrogens (tertiary/aromatic N) is 2. The Morgan fingerprint density at radius 1 is 1.18 bits per heavy atom. The summed E-state index contributed by atoms with van der Waals surface area (Å²) < 4.78 is 0. The summed E-state index contributed by atoms with van der Waals surface area (Å²) in [5, 5.41) is 16.0. The zero-order valence-corrected chi connectivity index (χ0v) is 20.2. The largest absolute Gasteiger partial charge is 0.353 e. The first-order valence-corrected chi connectivity index (χ1v) is 12.5. The van der Waals surface area contributed by atoms with Crippen LogP contribution >= 0.6 is 23.1 Å². The molecule has 2 amide bonds. The van der Waals surface area contributed by atoms with Gasteiger partial charge in [-0.1, -0.05) is 12.1 Å². The lowest BCUT2D eigenvalue weighted by molar-refractivity contribution is -0.113. The number of allylic oxidation sites excluding steroid dienone is 3. The van der Waals surface area contributed by atoms with E-state index >= 15 is 0 Å². The van der Waals surface area contributed by atoms with Gasteiger partial charge in [0, 0.05) is 28.4 Å². The highest BCUT2D eigenvalue weighted by Crippen LogP contribution is 2.43. The van der Waals surface area contributed by atoms with E-state index in [2.05, 4.69) is 11.4 Å². The fourth-order valence-electron chi connectivity index (χ4n) is 4.27. The van der Waals surface area contributed by atoms with E-state index in [9.17, 15) is 19.6 Å². The molecule has 1 N–H and O–H groups in total. The number of carbonyl (C=O) groups excluding carboxylic acids is 3. The van der Waals surface area contributed by atoms with Crippen molar-refractivity contribution < 1.29 is 14.4 Å². The Labute approximate surface area is 201 Å². The third kappa shape index (κ3) is 4.14. The van der Waals surface area contributed by atoms with Gasteiger partial charge in [0.15, 0.2) is 5.78 Å². The number of thiophene rings is 1. The molecule has 33 heavy (non-hydrogen) atoms. The molecular formula is C25H23N3O3S2. The first-order valence-electron chi connectivity index (χ1n) is 10.6. The van der Waals surface area contributed by atoms with Crippen molar-refractivity contribution in [1.82, 2.24) is 10.2 Å². The average molecular weight is 478 g/mol. The summed E-state index contributed by atoms with van der Waals surface area (Å²) in [6, 6.07) is 11.2. The number of Topliss-reactive ketones (excluding diaryl/α,β-unsaturated/α-hetero) is 1. The van der Waals surface area contributed by atoms with Crippen molar-refractivity contribution in [2.24, 2.45) is 0 Å². The van der Waals surface area contributed by atoms with Crippen LogP contribution in [0.5, 0.6) is 0 Å². The topological polar surface area (TPSA) is 90.3 Å². The maximum absolute atomic E-state index is 12.5. The van der Waals surface area contributed by atoms with E-state index in [1.807, 2.05) is 25.3 Å². The van der Waals surface area contributed by atoms with Gasteiger partial charge in [0.05, 0.1) is 33.7 Å². The molecule has 0 saturated heterocycles. The molecule has 0 spiro atoms. The Kier molecular flexibility index (Phi) is 6.54. The molecule has 8 heteroatoms. The number of carbonyl (C=O) groups is 3. The van der Waals surface area contributed by atoms with Crippen molar-refractivity contribution in [1.29, 1.82) is 5.26 Å². The van der Waals surface area contributed by atoms with E-state index in [4.69, 9.17) is 0 Å². The number of fused-ring (bicyclic) bond motifs is 1. The third-order valence-electron chi connectivity index (χ3n) is 5.84. The highest BCUT2D eigenvalue weighted by Gasteiger charge is 2.36. The lowest BCUT2D eigenvalue weighted by Crippen LogP contribution is -2.31. The zero-order chi connectivity index (χ0) is 23.7. The van der Waals surface area contributed by atoms with Crippen molar-refractivity contribution >= 4 is 40.7 Å². The number of thioether (sulfide) groups is 1. The van der Waals surface area contributed by atoms with Gasteiger partial charge in [0.1, 0.15) is 0 Å². The molecule has 168 valence electrons. The summed E-state index contributed by atoms with van der Waals surface area (Å²) in [6.07, 6.45) is 0.588. The Hall–Kier alpha value is -3.15. The molecule has 0 bridgehead atoms. The van der Waals surface area contributed by atoms with Gasteiger partial charge in [-0.25, -0.2) is 0 Å². The normalized spacial score (nSPS) is 17.9. The minimum absolute atomic E-state index is 0.0553. The Morgan fingerprint density at radius 3 is 2.39 bits per heavy atom. The number of ketones is 1. The number of aryl methyl sites for hydroxylation is 1. The average Bonchev–Trinajstić information content (AvgIpc) is 3.32. The first-order chi connectivity index (χ1) is 15.8. The molecule has 0 unspecified atom stereocenters. The molecule has 2 aromatic rings. The van der Waals surface area contributed by atoms with E-state index in [-0.39, 0.29) is 23.5 Å². The molecular weight excluding hydrogens is 454 g/mol. The minimum atomic E-state index is -0.382. The second-order valence-corrected chi connectivity index (χ2v) is 10.0. The highest BCUT2D eigenvalue weighted by atomic mass is 32.2. The van der Waals surface area contributed by atoms with E-state index in [0.29, 0.717) is 41.0 Å². The van der Waals surface area contributed by atoms with E-state index in [0.717, 1.165) is 21.2 Å². The summed E-state index contributed by atoms with van der Waals surface area (Å²) in [5.74, 6) is -0.342.